The van der Waals surface area contributed by atoms with Crippen molar-refractivity contribution in [2.24, 2.45) is 0 Å². The van der Waals surface area contributed by atoms with E-state index in [0.29, 0.717) is 0 Å². The molecular formula is C14H15NO. The van der Waals surface area contributed by atoms with Gasteiger partial charge in [0.15, 0.2) is 5.43 Å². The van der Waals surface area contributed by atoms with Gasteiger partial charge in [0.25, 0.3) is 0 Å². The van der Waals surface area contributed by atoms with Gasteiger partial charge in [0.1, 0.15) is 0 Å². The molecule has 0 aliphatic heterocycles. The van der Waals surface area contributed by atoms with Crippen molar-refractivity contribution in [3.05, 3.63) is 57.4 Å². The third-order valence-corrected chi connectivity index (χ3v) is 2.73. The van der Waals surface area contributed by atoms with Crippen molar-refractivity contribution in [3.63, 3.8) is 0 Å². The zero-order chi connectivity index (χ0) is 11.7. The molecule has 0 atom stereocenters. The largest absolute Gasteiger partial charge is 0.358 e. The van der Waals surface area contributed by atoms with Crippen molar-refractivity contribution in [2.45, 2.75) is 20.8 Å². The molecule has 0 saturated heterocycles. The molecule has 0 saturated carbocycles. The van der Waals surface area contributed by atoms with Gasteiger partial charge in [-0.1, -0.05) is 18.2 Å². The van der Waals surface area contributed by atoms with E-state index in [9.17, 15) is 4.79 Å². The number of benzene rings is 1. The van der Waals surface area contributed by atoms with E-state index in [-0.39, 0.29) is 5.43 Å². The first-order chi connectivity index (χ1) is 7.58. The van der Waals surface area contributed by atoms with Gasteiger partial charge < -0.3 is 4.98 Å². The fourth-order valence-electron chi connectivity index (χ4n) is 2.06. The van der Waals surface area contributed by atoms with Crippen molar-refractivity contribution >= 4 is 0 Å². The van der Waals surface area contributed by atoms with E-state index in [1.165, 1.54) is 11.1 Å². The van der Waals surface area contributed by atoms with Gasteiger partial charge in [-0.15, -0.1) is 0 Å². The van der Waals surface area contributed by atoms with Gasteiger partial charge in [-0.3, -0.25) is 4.79 Å². The van der Waals surface area contributed by atoms with Crippen LogP contribution in [0.4, 0.5) is 0 Å². The Hall–Kier alpha value is -1.83. The number of rotatable bonds is 1. The van der Waals surface area contributed by atoms with Crippen LogP contribution in [0.25, 0.3) is 11.3 Å². The number of hydrogen-bond acceptors (Lipinski definition) is 1. The molecule has 1 aromatic heterocycles. The normalized spacial score (nSPS) is 10.4. The molecule has 0 unspecified atom stereocenters. The zero-order valence-corrected chi connectivity index (χ0v) is 9.79. The first-order valence-electron chi connectivity index (χ1n) is 5.35. The van der Waals surface area contributed by atoms with Crippen molar-refractivity contribution in [3.8, 4) is 11.3 Å². The smallest absolute Gasteiger partial charge is 0.182 e. The van der Waals surface area contributed by atoms with Crippen LogP contribution in [0.15, 0.2) is 35.1 Å². The maximum Gasteiger partial charge on any atom is 0.182 e. The van der Waals surface area contributed by atoms with Crippen LogP contribution in [0.5, 0.6) is 0 Å². The summed E-state index contributed by atoms with van der Waals surface area (Å²) in [7, 11) is 0. The minimum absolute atomic E-state index is 0.0499. The topological polar surface area (TPSA) is 32.9 Å². The Bertz CT molecular complexity index is 561. The zero-order valence-electron chi connectivity index (χ0n) is 9.79. The Kier molecular flexibility index (Phi) is 2.65. The molecule has 1 heterocycles. The summed E-state index contributed by atoms with van der Waals surface area (Å²) in [6.45, 7) is 6.02. The molecule has 1 N–H and O–H groups in total. The summed E-state index contributed by atoms with van der Waals surface area (Å²) in [5.41, 5.74) is 5.34. The number of pyridine rings is 1. The van der Waals surface area contributed by atoms with Gasteiger partial charge in [-0.05, 0) is 31.9 Å². The standard InChI is InChI=1S/C14H15NO/c1-9-5-4-6-10(2)14(9)13-8-12(16)7-11(3)15-13/h4-8H,1-3H3,(H,15,16). The second-order valence-corrected chi connectivity index (χ2v) is 4.18. The molecule has 82 valence electrons. The van der Waals surface area contributed by atoms with Crippen LogP contribution in [0, 0.1) is 20.8 Å². The predicted molar refractivity (Wildman–Crippen MR) is 66.7 cm³/mol. The number of aryl methyl sites for hydroxylation is 3. The summed E-state index contributed by atoms with van der Waals surface area (Å²) in [4.78, 5) is 14.7. The van der Waals surface area contributed by atoms with Crippen molar-refractivity contribution in [2.75, 3.05) is 0 Å². The van der Waals surface area contributed by atoms with Gasteiger partial charge in [0.05, 0.1) is 0 Å². The third-order valence-electron chi connectivity index (χ3n) is 2.73. The first-order valence-corrected chi connectivity index (χ1v) is 5.35. The second kappa shape index (κ2) is 3.97. The molecule has 1 aromatic carbocycles. The molecule has 0 spiro atoms. The van der Waals surface area contributed by atoms with Crippen molar-refractivity contribution in [1.29, 1.82) is 0 Å². The maximum atomic E-state index is 11.5. The number of aromatic amines is 1. The molecule has 2 nitrogen and oxygen atoms in total. The number of H-pyrrole nitrogens is 1. The van der Waals surface area contributed by atoms with Gasteiger partial charge in [0.2, 0.25) is 0 Å². The van der Waals surface area contributed by atoms with Crippen LogP contribution in [0.1, 0.15) is 16.8 Å². The molecule has 2 heteroatoms. The summed E-state index contributed by atoms with van der Waals surface area (Å²) in [5.74, 6) is 0. The fourth-order valence-corrected chi connectivity index (χ4v) is 2.06. The lowest BCUT2D eigenvalue weighted by Crippen LogP contribution is -2.03. The van der Waals surface area contributed by atoms with E-state index >= 15 is 0 Å². The Morgan fingerprint density at radius 2 is 1.62 bits per heavy atom. The van der Waals surface area contributed by atoms with Gasteiger partial charge in [0, 0.05) is 29.1 Å². The van der Waals surface area contributed by atoms with Crippen LogP contribution in [0.2, 0.25) is 0 Å². The predicted octanol–water partition coefficient (Wildman–Crippen LogP) is 2.97. The number of hydrogen-bond donors (Lipinski definition) is 1. The monoisotopic (exact) mass is 213 g/mol. The van der Waals surface area contributed by atoms with E-state index in [0.717, 1.165) is 17.0 Å². The SMILES string of the molecule is Cc1cc(=O)cc(-c2c(C)cccc2C)[nH]1. The van der Waals surface area contributed by atoms with Crippen LogP contribution >= 0.6 is 0 Å². The highest BCUT2D eigenvalue weighted by Crippen LogP contribution is 2.24. The van der Waals surface area contributed by atoms with Crippen LogP contribution in [0.3, 0.4) is 0 Å². The van der Waals surface area contributed by atoms with Crippen molar-refractivity contribution < 1.29 is 0 Å². The molecular weight excluding hydrogens is 198 g/mol. The molecule has 0 fully saturated rings. The van der Waals surface area contributed by atoms with E-state index in [2.05, 4.69) is 31.0 Å². The van der Waals surface area contributed by atoms with Crippen molar-refractivity contribution in [1.82, 2.24) is 4.98 Å². The van der Waals surface area contributed by atoms with Gasteiger partial charge >= 0.3 is 0 Å². The Morgan fingerprint density at radius 3 is 2.19 bits per heavy atom. The summed E-state index contributed by atoms with van der Waals surface area (Å²) in [5, 5.41) is 0. The molecule has 2 aromatic rings. The van der Waals surface area contributed by atoms with E-state index in [1.54, 1.807) is 12.1 Å². The lowest BCUT2D eigenvalue weighted by molar-refractivity contribution is 1.18. The Balaban J connectivity index is 2.72. The minimum Gasteiger partial charge on any atom is -0.358 e. The molecule has 0 aliphatic carbocycles. The van der Waals surface area contributed by atoms with Crippen LogP contribution < -0.4 is 5.43 Å². The molecule has 0 amide bonds. The summed E-state index contributed by atoms with van der Waals surface area (Å²) in [6.07, 6.45) is 0. The maximum absolute atomic E-state index is 11.5. The van der Waals surface area contributed by atoms with Crippen LogP contribution in [-0.4, -0.2) is 4.98 Å². The Labute approximate surface area is 95.0 Å². The van der Waals surface area contributed by atoms with E-state index in [4.69, 9.17) is 0 Å². The fraction of sp³-hybridized carbons (Fsp3) is 0.214. The molecule has 0 radical (unpaired) electrons. The molecule has 0 aliphatic rings. The highest BCUT2D eigenvalue weighted by atomic mass is 16.1. The molecule has 2 rings (SSSR count). The van der Waals surface area contributed by atoms with Gasteiger partial charge in [-0.25, -0.2) is 0 Å². The number of nitrogens with one attached hydrogen (secondary N) is 1. The summed E-state index contributed by atoms with van der Waals surface area (Å²) in [6, 6.07) is 9.41. The average molecular weight is 213 g/mol. The lowest BCUT2D eigenvalue weighted by atomic mass is 9.99. The Morgan fingerprint density at radius 1 is 1.00 bits per heavy atom. The average Bonchev–Trinajstić information content (AvgIpc) is 2.15. The minimum atomic E-state index is 0.0499. The highest BCUT2D eigenvalue weighted by molar-refractivity contribution is 5.67. The lowest BCUT2D eigenvalue weighted by Gasteiger charge is -2.10. The van der Waals surface area contributed by atoms with Crippen LogP contribution in [-0.2, 0) is 0 Å². The van der Waals surface area contributed by atoms with Gasteiger partial charge in [-0.2, -0.15) is 0 Å². The molecule has 16 heavy (non-hydrogen) atoms. The first kappa shape index (κ1) is 10.7. The second-order valence-electron chi connectivity index (χ2n) is 4.18. The van der Waals surface area contributed by atoms with E-state index in [1.807, 2.05) is 13.0 Å². The summed E-state index contributed by atoms with van der Waals surface area (Å²) < 4.78 is 0. The quantitative estimate of drug-likeness (QED) is 0.776. The molecule has 0 bridgehead atoms. The summed E-state index contributed by atoms with van der Waals surface area (Å²) >= 11 is 0. The third kappa shape index (κ3) is 1.91. The van der Waals surface area contributed by atoms with E-state index < -0.39 is 0 Å². The highest BCUT2D eigenvalue weighted by Gasteiger charge is 2.06. The number of aromatic nitrogens is 1.